The fraction of sp³-hybridized carbons (Fsp3) is 0. The second kappa shape index (κ2) is 3.24. The maximum absolute atomic E-state index is 5.71. The Bertz CT molecular complexity index is 582. The first-order chi connectivity index (χ1) is 7.43. The Morgan fingerprint density at radius 1 is 0.867 bits per heavy atom. The van der Waals surface area contributed by atoms with Gasteiger partial charge < -0.3 is 4.42 Å². The molecule has 0 N–H and O–H groups in total. The lowest BCUT2D eigenvalue weighted by atomic mass is 10.2. The van der Waals surface area contributed by atoms with Gasteiger partial charge in [0.05, 0.1) is 11.6 Å². The summed E-state index contributed by atoms with van der Waals surface area (Å²) in [5.74, 6) is 1.50. The average molecular weight is 197 g/mol. The Morgan fingerprint density at radius 3 is 2.67 bits per heavy atom. The highest BCUT2D eigenvalue weighted by atomic mass is 16.4. The second-order valence-corrected chi connectivity index (χ2v) is 3.31. The molecule has 0 fully saturated rings. The van der Waals surface area contributed by atoms with Gasteiger partial charge in [0, 0.05) is 12.1 Å². The van der Waals surface area contributed by atoms with Crippen molar-refractivity contribution in [1.29, 1.82) is 0 Å². The molecule has 0 aliphatic rings. The van der Waals surface area contributed by atoms with E-state index in [4.69, 9.17) is 8.83 Å². The van der Waals surface area contributed by atoms with Gasteiger partial charge in [0.25, 0.3) is 0 Å². The number of rotatable bonds is 1. The van der Waals surface area contributed by atoms with Crippen molar-refractivity contribution in [1.82, 2.24) is 0 Å². The van der Waals surface area contributed by atoms with Gasteiger partial charge in [0.1, 0.15) is 0 Å². The zero-order valence-electron chi connectivity index (χ0n) is 8.01. The summed E-state index contributed by atoms with van der Waals surface area (Å²) in [6.07, 6.45) is 1.64. The fourth-order valence-corrected chi connectivity index (χ4v) is 1.58. The van der Waals surface area contributed by atoms with Crippen molar-refractivity contribution in [2.75, 3.05) is 0 Å². The smallest absolute Gasteiger partial charge is 0.395 e. The molecular formula is C13H9O2+. The Balaban J connectivity index is 2.22. The van der Waals surface area contributed by atoms with Crippen LogP contribution in [0.4, 0.5) is 0 Å². The molecule has 0 saturated carbocycles. The standard InChI is InChI=1S/C13H9O2/c1-2-5-11-10(4-1)7-8-13(15-11)12-6-3-9-14-12/h1-9H/q+1. The summed E-state index contributed by atoms with van der Waals surface area (Å²) in [4.78, 5) is 0. The maximum atomic E-state index is 5.71. The van der Waals surface area contributed by atoms with E-state index < -0.39 is 0 Å². The molecule has 0 atom stereocenters. The van der Waals surface area contributed by atoms with Crippen LogP contribution in [0.5, 0.6) is 0 Å². The largest absolute Gasteiger partial charge is 0.455 e. The number of para-hydroxylation sites is 1. The van der Waals surface area contributed by atoms with E-state index >= 15 is 0 Å². The molecule has 0 bridgehead atoms. The van der Waals surface area contributed by atoms with E-state index in [9.17, 15) is 0 Å². The van der Waals surface area contributed by atoms with E-state index in [1.165, 1.54) is 0 Å². The fourth-order valence-electron chi connectivity index (χ4n) is 1.58. The summed E-state index contributed by atoms with van der Waals surface area (Å²) in [5, 5.41) is 1.09. The van der Waals surface area contributed by atoms with Gasteiger partial charge in [0.15, 0.2) is 0 Å². The Hall–Kier alpha value is -2.09. The van der Waals surface area contributed by atoms with Crippen LogP contribution in [0.15, 0.2) is 63.6 Å². The lowest BCUT2D eigenvalue weighted by Gasteiger charge is -1.88. The SMILES string of the molecule is c1coc(-c2ccc3ccccc3[o+]2)c1. The highest BCUT2D eigenvalue weighted by Gasteiger charge is 2.15. The molecule has 3 rings (SSSR count). The van der Waals surface area contributed by atoms with Crippen LogP contribution in [0, 0.1) is 0 Å². The minimum Gasteiger partial charge on any atom is -0.455 e. The van der Waals surface area contributed by atoms with Crippen LogP contribution in [0.2, 0.25) is 0 Å². The average Bonchev–Trinajstić information content (AvgIpc) is 2.82. The van der Waals surface area contributed by atoms with Crippen molar-refractivity contribution in [3.8, 4) is 11.5 Å². The minimum absolute atomic E-state index is 0.749. The maximum Gasteiger partial charge on any atom is 0.395 e. The van der Waals surface area contributed by atoms with Crippen LogP contribution in [0.3, 0.4) is 0 Å². The molecule has 0 aliphatic heterocycles. The van der Waals surface area contributed by atoms with Gasteiger partial charge in [-0.1, -0.05) is 12.1 Å². The molecular weight excluding hydrogens is 188 g/mol. The molecule has 1 aromatic carbocycles. The molecule has 2 heteroatoms. The monoisotopic (exact) mass is 197 g/mol. The minimum atomic E-state index is 0.749. The predicted octanol–water partition coefficient (Wildman–Crippen LogP) is 3.97. The van der Waals surface area contributed by atoms with Crippen LogP contribution in [-0.4, -0.2) is 0 Å². The third-order valence-electron chi connectivity index (χ3n) is 2.32. The summed E-state index contributed by atoms with van der Waals surface area (Å²) < 4.78 is 11.0. The van der Waals surface area contributed by atoms with Gasteiger partial charge in [-0.2, -0.15) is 0 Å². The van der Waals surface area contributed by atoms with Crippen LogP contribution in [0.1, 0.15) is 0 Å². The zero-order valence-corrected chi connectivity index (χ0v) is 8.01. The molecule has 0 amide bonds. The van der Waals surface area contributed by atoms with Crippen molar-refractivity contribution in [2.24, 2.45) is 0 Å². The first kappa shape index (κ1) is 8.24. The van der Waals surface area contributed by atoms with E-state index in [1.54, 1.807) is 6.26 Å². The van der Waals surface area contributed by atoms with Gasteiger partial charge in [-0.3, -0.25) is 0 Å². The topological polar surface area (TPSA) is 24.4 Å². The normalized spacial score (nSPS) is 10.7. The second-order valence-electron chi connectivity index (χ2n) is 3.31. The lowest BCUT2D eigenvalue weighted by molar-refractivity contribution is 0.538. The van der Waals surface area contributed by atoms with Gasteiger partial charge in [-0.25, -0.2) is 4.42 Å². The molecule has 2 nitrogen and oxygen atoms in total. The molecule has 0 aliphatic carbocycles. The highest BCUT2D eigenvalue weighted by Crippen LogP contribution is 2.24. The first-order valence-corrected chi connectivity index (χ1v) is 4.79. The number of hydrogen-bond donors (Lipinski definition) is 0. The van der Waals surface area contributed by atoms with Crippen LogP contribution >= 0.6 is 0 Å². The van der Waals surface area contributed by atoms with E-state index in [0.717, 1.165) is 22.5 Å². The summed E-state index contributed by atoms with van der Waals surface area (Å²) >= 11 is 0. The number of furan rings is 1. The summed E-state index contributed by atoms with van der Waals surface area (Å²) in [6.45, 7) is 0. The molecule has 2 heterocycles. The molecule has 0 unspecified atom stereocenters. The van der Waals surface area contributed by atoms with Crippen molar-refractivity contribution in [3.63, 3.8) is 0 Å². The summed E-state index contributed by atoms with van der Waals surface area (Å²) in [6, 6.07) is 15.6. The van der Waals surface area contributed by atoms with Crippen molar-refractivity contribution < 1.29 is 8.83 Å². The van der Waals surface area contributed by atoms with E-state index in [1.807, 2.05) is 48.5 Å². The molecule has 0 spiro atoms. The Kier molecular flexibility index (Phi) is 1.78. The number of fused-ring (bicyclic) bond motifs is 1. The van der Waals surface area contributed by atoms with Crippen LogP contribution in [0.25, 0.3) is 22.5 Å². The third kappa shape index (κ3) is 1.40. The first-order valence-electron chi connectivity index (χ1n) is 4.79. The lowest BCUT2D eigenvalue weighted by Crippen LogP contribution is -1.75. The molecule has 0 radical (unpaired) electrons. The van der Waals surface area contributed by atoms with Gasteiger partial charge in [-0.15, -0.1) is 0 Å². The van der Waals surface area contributed by atoms with Gasteiger partial charge >= 0.3 is 11.3 Å². The van der Waals surface area contributed by atoms with Gasteiger partial charge in [0.2, 0.25) is 5.76 Å². The molecule has 15 heavy (non-hydrogen) atoms. The quantitative estimate of drug-likeness (QED) is 0.551. The zero-order chi connectivity index (χ0) is 10.1. The molecule has 2 aromatic heterocycles. The van der Waals surface area contributed by atoms with Crippen molar-refractivity contribution in [3.05, 3.63) is 54.8 Å². The van der Waals surface area contributed by atoms with Crippen LogP contribution in [-0.2, 0) is 0 Å². The van der Waals surface area contributed by atoms with Gasteiger partial charge in [-0.05, 0) is 24.3 Å². The van der Waals surface area contributed by atoms with Crippen molar-refractivity contribution >= 4 is 11.0 Å². The molecule has 3 aromatic rings. The van der Waals surface area contributed by atoms with E-state index in [-0.39, 0.29) is 0 Å². The van der Waals surface area contributed by atoms with E-state index in [2.05, 4.69) is 0 Å². The number of benzene rings is 1. The highest BCUT2D eigenvalue weighted by molar-refractivity contribution is 5.78. The third-order valence-corrected chi connectivity index (χ3v) is 2.32. The van der Waals surface area contributed by atoms with Crippen LogP contribution < -0.4 is 0 Å². The molecule has 0 saturated heterocycles. The Labute approximate surface area is 86.8 Å². The number of hydrogen-bond acceptors (Lipinski definition) is 1. The molecule has 72 valence electrons. The Morgan fingerprint density at radius 2 is 1.80 bits per heavy atom. The summed E-state index contributed by atoms with van der Waals surface area (Å²) in [7, 11) is 0. The van der Waals surface area contributed by atoms with Crippen molar-refractivity contribution in [2.45, 2.75) is 0 Å². The summed E-state index contributed by atoms with van der Waals surface area (Å²) in [5.41, 5.74) is 0.867. The van der Waals surface area contributed by atoms with E-state index in [0.29, 0.717) is 0 Å². The predicted molar refractivity (Wildman–Crippen MR) is 58.3 cm³/mol.